The van der Waals surface area contributed by atoms with Gasteiger partial charge < -0.3 is 9.47 Å². The Kier molecular flexibility index (Phi) is 4.22. The highest BCUT2D eigenvalue weighted by atomic mass is 35.5. The lowest BCUT2D eigenvalue weighted by Crippen LogP contribution is -2.03. The fourth-order valence-corrected chi connectivity index (χ4v) is 2.74. The number of hydrogen-bond donors (Lipinski definition) is 0. The van der Waals surface area contributed by atoms with Crippen molar-refractivity contribution >= 4 is 28.3 Å². The van der Waals surface area contributed by atoms with E-state index in [0.717, 1.165) is 27.6 Å². The first-order chi connectivity index (χ1) is 11.1. The van der Waals surface area contributed by atoms with Crippen molar-refractivity contribution in [3.05, 3.63) is 65.2 Å². The number of benzene rings is 3. The van der Waals surface area contributed by atoms with E-state index in [-0.39, 0.29) is 0 Å². The van der Waals surface area contributed by atoms with Crippen LogP contribution in [0.3, 0.4) is 0 Å². The van der Waals surface area contributed by atoms with Crippen molar-refractivity contribution in [2.45, 2.75) is 0 Å². The average molecular weight is 327 g/mol. The van der Waals surface area contributed by atoms with E-state index in [9.17, 15) is 4.79 Å². The molecule has 3 aromatic rings. The normalized spacial score (nSPS) is 10.6. The SMILES string of the molecule is COC(=O)c1cc(Cl)ccc1-c1ccc2cc(OC)ccc2c1. The van der Waals surface area contributed by atoms with Gasteiger partial charge >= 0.3 is 5.97 Å². The average Bonchev–Trinajstić information content (AvgIpc) is 2.60. The fraction of sp³-hybridized carbons (Fsp3) is 0.105. The molecule has 3 nitrogen and oxygen atoms in total. The number of carbonyl (C=O) groups excluding carboxylic acids is 1. The third kappa shape index (κ3) is 3.01. The monoisotopic (exact) mass is 326 g/mol. The van der Waals surface area contributed by atoms with E-state index in [1.807, 2.05) is 42.5 Å². The highest BCUT2D eigenvalue weighted by Crippen LogP contribution is 2.31. The van der Waals surface area contributed by atoms with Gasteiger partial charge in [-0.3, -0.25) is 0 Å². The number of carbonyl (C=O) groups is 1. The smallest absolute Gasteiger partial charge is 0.338 e. The summed E-state index contributed by atoms with van der Waals surface area (Å²) in [7, 11) is 3.01. The van der Waals surface area contributed by atoms with Crippen LogP contribution in [0.4, 0.5) is 0 Å². The largest absolute Gasteiger partial charge is 0.497 e. The molecule has 0 saturated carbocycles. The maximum absolute atomic E-state index is 12.0. The minimum absolute atomic E-state index is 0.405. The van der Waals surface area contributed by atoms with E-state index < -0.39 is 5.97 Å². The Balaban J connectivity index is 2.15. The Hall–Kier alpha value is -2.52. The van der Waals surface area contributed by atoms with E-state index in [1.54, 1.807) is 19.2 Å². The molecule has 0 spiro atoms. The second-order valence-corrected chi connectivity index (χ2v) is 5.55. The second kappa shape index (κ2) is 6.31. The second-order valence-electron chi connectivity index (χ2n) is 5.11. The zero-order valence-corrected chi connectivity index (χ0v) is 13.6. The molecule has 3 rings (SSSR count). The van der Waals surface area contributed by atoms with Gasteiger partial charge in [0.05, 0.1) is 19.8 Å². The molecule has 0 aliphatic heterocycles. The number of fused-ring (bicyclic) bond motifs is 1. The lowest BCUT2D eigenvalue weighted by atomic mass is 9.97. The van der Waals surface area contributed by atoms with Gasteiger partial charge in [0.25, 0.3) is 0 Å². The third-order valence-corrected chi connectivity index (χ3v) is 3.98. The van der Waals surface area contributed by atoms with Crippen molar-refractivity contribution in [1.82, 2.24) is 0 Å². The van der Waals surface area contributed by atoms with E-state index in [2.05, 4.69) is 0 Å². The standard InChI is InChI=1S/C19H15ClO3/c1-22-16-7-5-12-9-14(4-3-13(12)10-16)17-8-6-15(20)11-18(17)19(21)23-2/h3-11H,1-2H3. The number of hydrogen-bond acceptors (Lipinski definition) is 3. The number of rotatable bonds is 3. The summed E-state index contributed by atoms with van der Waals surface area (Å²) in [5.41, 5.74) is 2.17. The van der Waals surface area contributed by atoms with Crippen LogP contribution in [0.5, 0.6) is 5.75 Å². The van der Waals surface area contributed by atoms with Crippen LogP contribution >= 0.6 is 11.6 Å². The van der Waals surface area contributed by atoms with Crippen LogP contribution in [0.15, 0.2) is 54.6 Å². The van der Waals surface area contributed by atoms with Crippen molar-refractivity contribution in [3.63, 3.8) is 0 Å². The van der Waals surface area contributed by atoms with Crippen LogP contribution in [0.2, 0.25) is 5.02 Å². The number of esters is 1. The van der Waals surface area contributed by atoms with E-state index in [4.69, 9.17) is 21.1 Å². The number of methoxy groups -OCH3 is 2. The van der Waals surface area contributed by atoms with Crippen LogP contribution in [0.25, 0.3) is 21.9 Å². The van der Waals surface area contributed by atoms with Gasteiger partial charge in [-0.2, -0.15) is 0 Å². The minimum Gasteiger partial charge on any atom is -0.497 e. The summed E-state index contributed by atoms with van der Waals surface area (Å²) in [5.74, 6) is 0.407. The molecule has 4 heteroatoms. The van der Waals surface area contributed by atoms with Gasteiger partial charge in [-0.15, -0.1) is 0 Å². The maximum atomic E-state index is 12.0. The Bertz CT molecular complexity index is 887. The minimum atomic E-state index is -0.405. The molecule has 0 fully saturated rings. The zero-order valence-electron chi connectivity index (χ0n) is 12.8. The summed E-state index contributed by atoms with van der Waals surface area (Å²) in [5, 5.41) is 2.63. The summed E-state index contributed by atoms with van der Waals surface area (Å²) < 4.78 is 10.1. The Morgan fingerprint density at radius 1 is 0.913 bits per heavy atom. The highest BCUT2D eigenvalue weighted by molar-refractivity contribution is 6.31. The first-order valence-corrected chi connectivity index (χ1v) is 7.46. The highest BCUT2D eigenvalue weighted by Gasteiger charge is 2.14. The van der Waals surface area contributed by atoms with Gasteiger partial charge in [-0.25, -0.2) is 4.79 Å². The maximum Gasteiger partial charge on any atom is 0.338 e. The first kappa shape index (κ1) is 15.4. The molecule has 0 N–H and O–H groups in total. The van der Waals surface area contributed by atoms with Crippen molar-refractivity contribution < 1.29 is 14.3 Å². The van der Waals surface area contributed by atoms with Crippen LogP contribution in [-0.4, -0.2) is 20.2 Å². The molecule has 0 heterocycles. The Morgan fingerprint density at radius 3 is 2.39 bits per heavy atom. The predicted octanol–water partition coefficient (Wildman–Crippen LogP) is 4.96. The quantitative estimate of drug-likeness (QED) is 0.638. The molecule has 116 valence electrons. The van der Waals surface area contributed by atoms with Crippen LogP contribution in [0.1, 0.15) is 10.4 Å². The molecule has 0 amide bonds. The fourth-order valence-electron chi connectivity index (χ4n) is 2.57. The van der Waals surface area contributed by atoms with Gasteiger partial charge in [0, 0.05) is 5.02 Å². The molecular weight excluding hydrogens is 312 g/mol. The lowest BCUT2D eigenvalue weighted by molar-refractivity contribution is 0.0601. The molecule has 23 heavy (non-hydrogen) atoms. The Morgan fingerprint density at radius 2 is 1.65 bits per heavy atom. The van der Waals surface area contributed by atoms with Crippen LogP contribution < -0.4 is 4.74 Å². The molecule has 0 bridgehead atoms. The molecule has 0 aliphatic rings. The summed E-state index contributed by atoms with van der Waals surface area (Å²) >= 11 is 6.01. The van der Waals surface area contributed by atoms with Crippen molar-refractivity contribution in [2.75, 3.05) is 14.2 Å². The molecule has 0 saturated heterocycles. The van der Waals surface area contributed by atoms with Crippen molar-refractivity contribution in [3.8, 4) is 16.9 Å². The Labute approximate surface area is 139 Å². The van der Waals surface area contributed by atoms with Gasteiger partial charge in [0.1, 0.15) is 5.75 Å². The molecule has 3 aromatic carbocycles. The molecular formula is C19H15ClO3. The molecule has 0 aromatic heterocycles. The summed E-state index contributed by atoms with van der Waals surface area (Å²) in [4.78, 5) is 12.0. The third-order valence-electron chi connectivity index (χ3n) is 3.75. The topological polar surface area (TPSA) is 35.5 Å². The van der Waals surface area contributed by atoms with Gasteiger partial charge in [-0.05, 0) is 52.2 Å². The van der Waals surface area contributed by atoms with Gasteiger partial charge in [0.15, 0.2) is 0 Å². The number of ether oxygens (including phenoxy) is 2. The van der Waals surface area contributed by atoms with Crippen molar-refractivity contribution in [2.24, 2.45) is 0 Å². The van der Waals surface area contributed by atoms with Crippen molar-refractivity contribution in [1.29, 1.82) is 0 Å². The summed E-state index contributed by atoms with van der Waals surface area (Å²) in [6, 6.07) is 17.1. The molecule has 0 unspecified atom stereocenters. The van der Waals surface area contributed by atoms with E-state index in [1.165, 1.54) is 7.11 Å². The zero-order chi connectivity index (χ0) is 16.4. The van der Waals surface area contributed by atoms with E-state index >= 15 is 0 Å². The molecule has 0 atom stereocenters. The summed E-state index contributed by atoms with van der Waals surface area (Å²) in [6.45, 7) is 0. The van der Waals surface area contributed by atoms with Gasteiger partial charge in [-0.1, -0.05) is 35.9 Å². The summed E-state index contributed by atoms with van der Waals surface area (Å²) in [6.07, 6.45) is 0. The molecule has 0 aliphatic carbocycles. The van der Waals surface area contributed by atoms with Crippen LogP contribution in [-0.2, 0) is 4.74 Å². The van der Waals surface area contributed by atoms with Gasteiger partial charge in [0.2, 0.25) is 0 Å². The predicted molar refractivity (Wildman–Crippen MR) is 92.3 cm³/mol. The number of halogens is 1. The lowest BCUT2D eigenvalue weighted by Gasteiger charge is -2.10. The van der Waals surface area contributed by atoms with E-state index in [0.29, 0.717) is 10.6 Å². The first-order valence-electron chi connectivity index (χ1n) is 7.08. The van der Waals surface area contributed by atoms with Crippen LogP contribution in [0, 0.1) is 0 Å². The molecule has 0 radical (unpaired) electrons.